The number of benzene rings is 2. The van der Waals surface area contributed by atoms with Crippen molar-refractivity contribution in [2.75, 3.05) is 13.2 Å². The van der Waals surface area contributed by atoms with Crippen LogP contribution in [0.25, 0.3) is 45.1 Å². The molecule has 36 heavy (non-hydrogen) atoms. The van der Waals surface area contributed by atoms with Crippen molar-refractivity contribution in [2.45, 2.75) is 24.4 Å². The molecule has 0 radical (unpaired) electrons. The number of hydrogen-bond acceptors (Lipinski definition) is 7. The Bertz CT molecular complexity index is 1530. The molecule has 10 heteroatoms. The Hall–Kier alpha value is -3.63. The molecule has 9 nitrogen and oxygen atoms in total. The minimum Gasteiger partial charge on any atom is -0.456 e. The first-order valence-electron chi connectivity index (χ1n) is 11.6. The van der Waals surface area contributed by atoms with Crippen LogP contribution in [0, 0.1) is 0 Å². The van der Waals surface area contributed by atoms with E-state index in [0.717, 1.165) is 33.5 Å². The van der Waals surface area contributed by atoms with Gasteiger partial charge < -0.3 is 33.7 Å². The maximum Gasteiger partial charge on any atom is 0.295 e. The normalized spacial score (nSPS) is 23.4. The van der Waals surface area contributed by atoms with Crippen molar-refractivity contribution in [3.8, 4) is 40.0 Å². The van der Waals surface area contributed by atoms with Crippen LogP contribution in [0.2, 0.25) is 5.02 Å². The predicted octanol–water partition coefficient (Wildman–Crippen LogP) is 4.44. The molecular weight excluding hydrogens is 484 g/mol. The Labute approximate surface area is 210 Å². The number of aromatic nitrogens is 4. The van der Waals surface area contributed by atoms with E-state index in [9.17, 15) is 5.11 Å². The second-order valence-electron chi connectivity index (χ2n) is 8.89. The van der Waals surface area contributed by atoms with E-state index in [1.807, 2.05) is 48.5 Å². The first-order valence-corrected chi connectivity index (χ1v) is 12.0. The number of halogens is 1. The summed E-state index contributed by atoms with van der Waals surface area (Å²) in [4.78, 5) is 15.0. The van der Waals surface area contributed by atoms with Gasteiger partial charge in [0, 0.05) is 23.5 Å². The highest BCUT2D eigenvalue weighted by Crippen LogP contribution is 2.35. The lowest BCUT2D eigenvalue weighted by Gasteiger charge is -2.15. The molecule has 0 saturated carbocycles. The van der Waals surface area contributed by atoms with Gasteiger partial charge in [0.15, 0.2) is 17.7 Å². The van der Waals surface area contributed by atoms with Gasteiger partial charge in [-0.2, -0.15) is 4.98 Å². The molecule has 2 fully saturated rings. The van der Waals surface area contributed by atoms with E-state index >= 15 is 0 Å². The van der Waals surface area contributed by atoms with E-state index in [4.69, 9.17) is 30.2 Å². The highest BCUT2D eigenvalue weighted by atomic mass is 35.5. The molecule has 3 aromatic heterocycles. The molecule has 2 aromatic carbocycles. The quantitative estimate of drug-likeness (QED) is 0.324. The van der Waals surface area contributed by atoms with Crippen LogP contribution in [0.3, 0.4) is 0 Å². The molecule has 2 aliphatic rings. The minimum absolute atomic E-state index is 0.248. The number of hydrogen-bond donors (Lipinski definition) is 3. The van der Waals surface area contributed by atoms with Gasteiger partial charge in [-0.3, -0.25) is 0 Å². The van der Waals surface area contributed by atoms with Crippen LogP contribution < -0.4 is 4.74 Å². The van der Waals surface area contributed by atoms with E-state index in [2.05, 4.69) is 19.9 Å². The molecule has 7 rings (SSSR count). The molecule has 2 saturated heterocycles. The second kappa shape index (κ2) is 8.49. The number of rotatable bonds is 5. The van der Waals surface area contributed by atoms with Crippen molar-refractivity contribution in [1.29, 1.82) is 0 Å². The van der Waals surface area contributed by atoms with Gasteiger partial charge in [0.1, 0.15) is 24.1 Å². The molecule has 5 aromatic rings. The summed E-state index contributed by atoms with van der Waals surface area (Å²) in [7, 11) is 0. The lowest BCUT2D eigenvalue weighted by molar-refractivity contribution is 0.00706. The lowest BCUT2D eigenvalue weighted by atomic mass is 10.0. The highest BCUT2D eigenvalue weighted by molar-refractivity contribution is 6.34. The van der Waals surface area contributed by atoms with Crippen molar-refractivity contribution < 1.29 is 23.7 Å². The smallest absolute Gasteiger partial charge is 0.295 e. The highest BCUT2D eigenvalue weighted by Gasteiger charge is 2.48. The number of imidazole rings is 2. The number of aromatic amines is 2. The number of aliphatic hydroxyl groups is 1. The lowest BCUT2D eigenvalue weighted by Crippen LogP contribution is -2.34. The average Bonchev–Trinajstić information content (AvgIpc) is 3.70. The Morgan fingerprint density at radius 1 is 0.972 bits per heavy atom. The summed E-state index contributed by atoms with van der Waals surface area (Å²) >= 11 is 6.64. The molecule has 4 atom stereocenters. The zero-order valence-corrected chi connectivity index (χ0v) is 19.6. The zero-order chi connectivity index (χ0) is 24.2. The summed E-state index contributed by atoms with van der Waals surface area (Å²) in [6.45, 7) is 0.582. The molecule has 0 unspecified atom stereocenters. The summed E-state index contributed by atoms with van der Waals surface area (Å²) in [6, 6.07) is 15.9. The molecule has 0 amide bonds. The Morgan fingerprint density at radius 3 is 2.61 bits per heavy atom. The third-order valence-corrected chi connectivity index (χ3v) is 6.92. The van der Waals surface area contributed by atoms with Crippen molar-refractivity contribution in [3.05, 3.63) is 65.9 Å². The second-order valence-corrected chi connectivity index (χ2v) is 9.30. The van der Waals surface area contributed by atoms with Crippen LogP contribution in [0.4, 0.5) is 0 Å². The van der Waals surface area contributed by atoms with Gasteiger partial charge >= 0.3 is 0 Å². The van der Waals surface area contributed by atoms with Crippen LogP contribution in [0.1, 0.15) is 0 Å². The summed E-state index contributed by atoms with van der Waals surface area (Å²) in [5.74, 6) is 2.12. The minimum atomic E-state index is -0.627. The van der Waals surface area contributed by atoms with E-state index in [-0.39, 0.29) is 24.9 Å². The number of furan rings is 1. The predicted molar refractivity (Wildman–Crippen MR) is 132 cm³/mol. The molecule has 0 spiro atoms. The molecule has 182 valence electrons. The van der Waals surface area contributed by atoms with E-state index in [1.54, 1.807) is 12.4 Å². The average molecular weight is 505 g/mol. The summed E-state index contributed by atoms with van der Waals surface area (Å²) in [6.07, 6.45) is 1.81. The molecule has 5 heterocycles. The van der Waals surface area contributed by atoms with Crippen molar-refractivity contribution in [3.63, 3.8) is 0 Å². The molecule has 3 N–H and O–H groups in total. The van der Waals surface area contributed by atoms with Gasteiger partial charge in [-0.15, -0.1) is 0 Å². The van der Waals surface area contributed by atoms with Gasteiger partial charge in [0.25, 0.3) is 6.01 Å². The van der Waals surface area contributed by atoms with Gasteiger partial charge in [-0.25, -0.2) is 4.98 Å². The van der Waals surface area contributed by atoms with Gasteiger partial charge in [0.2, 0.25) is 0 Å². The van der Waals surface area contributed by atoms with Crippen LogP contribution in [0.15, 0.2) is 65.3 Å². The molecular formula is C26H21ClN4O5. The van der Waals surface area contributed by atoms with E-state index in [1.165, 1.54) is 0 Å². The van der Waals surface area contributed by atoms with Crippen LogP contribution in [0.5, 0.6) is 6.01 Å². The van der Waals surface area contributed by atoms with Crippen molar-refractivity contribution in [1.82, 2.24) is 19.9 Å². The fourth-order valence-electron chi connectivity index (χ4n) is 4.81. The molecule has 0 aliphatic carbocycles. The fraction of sp³-hybridized carbons (Fsp3) is 0.231. The molecule has 2 aliphatic heterocycles. The Kier molecular flexibility index (Phi) is 5.10. The molecule has 0 bridgehead atoms. The van der Waals surface area contributed by atoms with Gasteiger partial charge in [-0.1, -0.05) is 35.9 Å². The van der Waals surface area contributed by atoms with Crippen LogP contribution in [-0.4, -0.2) is 62.7 Å². The summed E-state index contributed by atoms with van der Waals surface area (Å²) < 4.78 is 23.2. The Morgan fingerprint density at radius 2 is 1.78 bits per heavy atom. The van der Waals surface area contributed by atoms with Gasteiger partial charge in [0.05, 0.1) is 29.3 Å². The SMILES string of the molecule is O[C@@H]1CO[C@H]2[C@@H]1OC[C@H]2Oc1nc2cc(-c3ccc(-c4ccc(-c5ncc[nH]5)o4)cc3)c(Cl)cc2[nH]1. The van der Waals surface area contributed by atoms with Gasteiger partial charge in [-0.05, 0) is 29.8 Å². The topological polar surface area (TPSA) is 118 Å². The van der Waals surface area contributed by atoms with Crippen molar-refractivity contribution in [2.24, 2.45) is 0 Å². The fourth-order valence-corrected chi connectivity index (χ4v) is 5.08. The van der Waals surface area contributed by atoms with E-state index < -0.39 is 6.10 Å². The van der Waals surface area contributed by atoms with E-state index in [0.29, 0.717) is 29.2 Å². The third-order valence-electron chi connectivity index (χ3n) is 6.61. The number of nitrogens with zero attached hydrogens (tertiary/aromatic N) is 2. The number of nitrogens with one attached hydrogen (secondary N) is 2. The Balaban J connectivity index is 1.13. The van der Waals surface area contributed by atoms with Crippen LogP contribution in [-0.2, 0) is 9.47 Å². The first kappa shape index (κ1) is 21.6. The largest absolute Gasteiger partial charge is 0.456 e. The summed E-state index contributed by atoms with van der Waals surface area (Å²) in [5, 5.41) is 10.5. The maximum atomic E-state index is 9.94. The number of aliphatic hydroxyl groups excluding tert-OH is 1. The number of fused-ring (bicyclic) bond motifs is 2. The summed E-state index contributed by atoms with van der Waals surface area (Å²) in [5.41, 5.74) is 4.25. The van der Waals surface area contributed by atoms with Crippen LogP contribution >= 0.6 is 11.6 Å². The third kappa shape index (κ3) is 3.68. The zero-order valence-electron chi connectivity index (χ0n) is 18.8. The monoisotopic (exact) mass is 504 g/mol. The number of H-pyrrole nitrogens is 2. The van der Waals surface area contributed by atoms with Crippen molar-refractivity contribution >= 4 is 22.6 Å². The standard InChI is InChI=1S/C26H21ClN4O5/c27-16-10-18-17(30-26(31-18)36-22-12-34-23-19(32)11-33-24(22)23)9-15(16)13-1-3-14(4-2-13)20-5-6-21(35-20)25-28-7-8-29-25/h1-10,19,22-24,32H,11-12H2,(H,28,29)(H,30,31)/t19-,22-,23-,24-/m1/s1. The first-order chi connectivity index (χ1) is 17.6. The maximum absolute atomic E-state index is 9.94. The number of ether oxygens (including phenoxy) is 3.